The minimum absolute atomic E-state index is 0.246. The highest BCUT2D eigenvalue weighted by Crippen LogP contribution is 2.12. The number of phenolic OH excluding ortho intramolecular Hbond substituents is 1. The number of aldehydes is 1. The van der Waals surface area contributed by atoms with Crippen LogP contribution in [0.25, 0.3) is 6.08 Å². The quantitative estimate of drug-likeness (QED) is 0.640. The highest BCUT2D eigenvalue weighted by Gasteiger charge is 1.87. The predicted molar refractivity (Wildman–Crippen MR) is 77.5 cm³/mol. The van der Waals surface area contributed by atoms with E-state index in [0.29, 0.717) is 12.0 Å². The molecule has 0 aliphatic rings. The van der Waals surface area contributed by atoms with Crippen LogP contribution in [-0.4, -0.2) is 11.4 Å². The van der Waals surface area contributed by atoms with Gasteiger partial charge in [-0.05, 0) is 30.2 Å². The molecule has 0 bridgehead atoms. The lowest BCUT2D eigenvalue weighted by Crippen LogP contribution is -1.96. The zero-order valence-electron chi connectivity index (χ0n) is 10.8. The fraction of sp³-hybridized carbons (Fsp3) is 0.0625. The fourth-order valence-electron chi connectivity index (χ4n) is 1.34. The number of benzene rings is 2. The highest BCUT2D eigenvalue weighted by molar-refractivity contribution is 5.80. The third-order valence-electron chi connectivity index (χ3n) is 2.38. The van der Waals surface area contributed by atoms with Crippen molar-refractivity contribution in [3.8, 4) is 5.75 Å². The number of aromatic hydroxyl groups is 1. The van der Waals surface area contributed by atoms with Gasteiger partial charge in [0.05, 0.1) is 5.70 Å². The molecule has 0 fully saturated rings. The first-order chi connectivity index (χ1) is 9.13. The summed E-state index contributed by atoms with van der Waals surface area (Å²) < 4.78 is 0. The molecule has 19 heavy (non-hydrogen) atoms. The normalized spacial score (nSPS) is 10.3. The van der Waals surface area contributed by atoms with Crippen LogP contribution in [0.1, 0.15) is 11.1 Å². The van der Waals surface area contributed by atoms with Gasteiger partial charge in [-0.2, -0.15) is 0 Å². The summed E-state index contributed by atoms with van der Waals surface area (Å²) in [7, 11) is 0. The summed E-state index contributed by atoms with van der Waals surface area (Å²) in [6, 6.07) is 16.7. The molecule has 2 aromatic carbocycles. The molecule has 3 nitrogen and oxygen atoms in total. The molecule has 0 radical (unpaired) electrons. The van der Waals surface area contributed by atoms with Crippen LogP contribution < -0.4 is 5.73 Å². The Kier molecular flexibility index (Phi) is 5.89. The monoisotopic (exact) mass is 255 g/mol. The van der Waals surface area contributed by atoms with Crippen LogP contribution in [0.3, 0.4) is 0 Å². The van der Waals surface area contributed by atoms with Crippen LogP contribution in [-0.2, 0) is 4.79 Å². The van der Waals surface area contributed by atoms with Crippen LogP contribution in [0.15, 0.2) is 60.3 Å². The molecule has 2 rings (SSSR count). The van der Waals surface area contributed by atoms with Gasteiger partial charge in [0.25, 0.3) is 0 Å². The molecule has 2 aromatic rings. The van der Waals surface area contributed by atoms with Gasteiger partial charge in [0.1, 0.15) is 5.75 Å². The lowest BCUT2D eigenvalue weighted by Gasteiger charge is -1.92. The minimum Gasteiger partial charge on any atom is -0.508 e. The van der Waals surface area contributed by atoms with Crippen molar-refractivity contribution in [1.29, 1.82) is 0 Å². The lowest BCUT2D eigenvalue weighted by molar-refractivity contribution is -0.104. The average Bonchev–Trinajstić information content (AvgIpc) is 2.44. The molecule has 0 aliphatic carbocycles. The largest absolute Gasteiger partial charge is 0.508 e. The van der Waals surface area contributed by atoms with Gasteiger partial charge in [0.15, 0.2) is 6.29 Å². The van der Waals surface area contributed by atoms with E-state index in [0.717, 1.165) is 11.1 Å². The molecule has 0 aromatic heterocycles. The Bertz CT molecular complexity index is 527. The molecule has 0 aliphatic heterocycles. The van der Waals surface area contributed by atoms with E-state index in [4.69, 9.17) is 10.8 Å². The van der Waals surface area contributed by atoms with Crippen LogP contribution >= 0.6 is 0 Å². The van der Waals surface area contributed by atoms with Gasteiger partial charge in [0.2, 0.25) is 0 Å². The van der Waals surface area contributed by atoms with E-state index >= 15 is 0 Å². The van der Waals surface area contributed by atoms with E-state index in [9.17, 15) is 4.79 Å². The van der Waals surface area contributed by atoms with Gasteiger partial charge in [0, 0.05) is 0 Å². The number of carbonyl (C=O) groups is 1. The van der Waals surface area contributed by atoms with Crippen LogP contribution in [0, 0.1) is 6.92 Å². The standard InChI is InChI=1S/C9H9NO.C7H8O/c10-9(7-11)6-8-4-2-1-3-5-8;1-6-4-2-3-5-7(6)8/h1-7H,10H2;2-5,8H,1H3/b9-6-;. The second-order valence-electron chi connectivity index (χ2n) is 3.96. The second kappa shape index (κ2) is 7.71. The molecule has 0 amide bonds. The molecule has 0 spiro atoms. The van der Waals surface area contributed by atoms with E-state index < -0.39 is 0 Å². The molecule has 0 saturated carbocycles. The van der Waals surface area contributed by atoms with E-state index in [2.05, 4.69) is 0 Å². The SMILES string of the molecule is Cc1ccccc1O.N/C(C=O)=C\c1ccccc1. The number of nitrogens with two attached hydrogens (primary N) is 1. The van der Waals surface area contributed by atoms with Gasteiger partial charge >= 0.3 is 0 Å². The van der Waals surface area contributed by atoms with E-state index in [1.807, 2.05) is 55.5 Å². The Morgan fingerprint density at radius 2 is 1.63 bits per heavy atom. The number of hydrogen-bond acceptors (Lipinski definition) is 3. The first-order valence-electron chi connectivity index (χ1n) is 5.85. The van der Waals surface area contributed by atoms with Crippen molar-refractivity contribution < 1.29 is 9.90 Å². The molecule has 3 N–H and O–H groups in total. The maximum atomic E-state index is 10.1. The summed E-state index contributed by atoms with van der Waals surface area (Å²) in [5.41, 5.74) is 7.41. The first kappa shape index (κ1) is 14.5. The highest BCUT2D eigenvalue weighted by atomic mass is 16.3. The number of para-hydroxylation sites is 1. The van der Waals surface area contributed by atoms with E-state index in [1.165, 1.54) is 0 Å². The maximum absolute atomic E-state index is 10.1. The summed E-state index contributed by atoms with van der Waals surface area (Å²) in [5, 5.41) is 8.92. The van der Waals surface area contributed by atoms with Crippen LogP contribution in [0.4, 0.5) is 0 Å². The second-order valence-corrected chi connectivity index (χ2v) is 3.96. The molecular weight excluding hydrogens is 238 g/mol. The molecule has 0 atom stereocenters. The van der Waals surface area contributed by atoms with Crippen molar-refractivity contribution >= 4 is 12.4 Å². The average molecular weight is 255 g/mol. The topological polar surface area (TPSA) is 63.3 Å². The number of carbonyl (C=O) groups excluding carboxylic acids is 1. The Morgan fingerprint density at radius 1 is 1.05 bits per heavy atom. The summed E-state index contributed by atoms with van der Waals surface area (Å²) in [6.07, 6.45) is 2.26. The first-order valence-corrected chi connectivity index (χ1v) is 5.85. The smallest absolute Gasteiger partial charge is 0.165 e. The molecule has 98 valence electrons. The number of hydrogen-bond donors (Lipinski definition) is 2. The number of aryl methyl sites for hydroxylation is 1. The van der Waals surface area contributed by atoms with Crippen molar-refractivity contribution in [3.05, 3.63) is 71.4 Å². The van der Waals surface area contributed by atoms with Crippen molar-refractivity contribution in [2.45, 2.75) is 6.92 Å². The zero-order chi connectivity index (χ0) is 14.1. The number of allylic oxidation sites excluding steroid dienone is 1. The molecular formula is C16H17NO2. The predicted octanol–water partition coefficient (Wildman–Crippen LogP) is 2.89. The third kappa shape index (κ3) is 5.55. The fourth-order valence-corrected chi connectivity index (χ4v) is 1.34. The van der Waals surface area contributed by atoms with Crippen molar-refractivity contribution in [2.75, 3.05) is 0 Å². The molecule has 0 unspecified atom stereocenters. The molecule has 3 heteroatoms. The van der Waals surface area contributed by atoms with Gasteiger partial charge in [-0.3, -0.25) is 4.79 Å². The molecule has 0 saturated heterocycles. The van der Waals surface area contributed by atoms with Gasteiger partial charge < -0.3 is 10.8 Å². The van der Waals surface area contributed by atoms with E-state index in [-0.39, 0.29) is 5.70 Å². The molecule has 0 heterocycles. The summed E-state index contributed by atoms with van der Waals surface area (Å²) in [6.45, 7) is 1.87. The minimum atomic E-state index is 0.246. The van der Waals surface area contributed by atoms with Gasteiger partial charge in [-0.1, -0.05) is 48.5 Å². The van der Waals surface area contributed by atoms with Crippen molar-refractivity contribution in [2.24, 2.45) is 5.73 Å². The van der Waals surface area contributed by atoms with Gasteiger partial charge in [-0.25, -0.2) is 0 Å². The lowest BCUT2D eigenvalue weighted by atomic mass is 10.2. The van der Waals surface area contributed by atoms with Gasteiger partial charge in [-0.15, -0.1) is 0 Å². The Morgan fingerprint density at radius 3 is 2.11 bits per heavy atom. The number of phenols is 1. The summed E-state index contributed by atoms with van der Waals surface area (Å²) in [5.74, 6) is 0.368. The van der Waals surface area contributed by atoms with Crippen molar-refractivity contribution in [1.82, 2.24) is 0 Å². The van der Waals surface area contributed by atoms with Crippen LogP contribution in [0.5, 0.6) is 5.75 Å². The van der Waals surface area contributed by atoms with Crippen LogP contribution in [0.2, 0.25) is 0 Å². The Hall–Kier alpha value is -2.55. The summed E-state index contributed by atoms with van der Waals surface area (Å²) >= 11 is 0. The summed E-state index contributed by atoms with van der Waals surface area (Å²) in [4.78, 5) is 10.1. The zero-order valence-corrected chi connectivity index (χ0v) is 10.8. The maximum Gasteiger partial charge on any atom is 0.165 e. The Labute approximate surface area is 113 Å². The third-order valence-corrected chi connectivity index (χ3v) is 2.38. The number of rotatable bonds is 2. The Balaban J connectivity index is 0.000000200. The van der Waals surface area contributed by atoms with Crippen molar-refractivity contribution in [3.63, 3.8) is 0 Å². The van der Waals surface area contributed by atoms with E-state index in [1.54, 1.807) is 12.1 Å².